The topological polar surface area (TPSA) is 16.1 Å². The second-order valence-electron chi connectivity index (χ2n) is 13.3. The van der Waals surface area contributed by atoms with Crippen molar-refractivity contribution in [3.63, 3.8) is 0 Å². The summed E-state index contributed by atoms with van der Waals surface area (Å²) in [4.78, 5) is 7.47. The van der Waals surface area contributed by atoms with Crippen LogP contribution in [0.1, 0.15) is 0 Å². The summed E-state index contributed by atoms with van der Waals surface area (Å²) in [6.45, 7) is 7.04. The van der Waals surface area contributed by atoms with Gasteiger partial charge >= 0.3 is 0 Å². The van der Waals surface area contributed by atoms with Crippen molar-refractivity contribution >= 4 is 62.9 Å². The maximum atomic E-state index is 5.20. The van der Waals surface area contributed by atoms with Crippen LogP contribution in [0.3, 0.4) is 0 Å². The Morgan fingerprint density at radius 1 is 0.426 bits per heavy atom. The van der Waals surface area contributed by atoms with Crippen molar-refractivity contribution in [1.82, 2.24) is 4.98 Å². The van der Waals surface area contributed by atoms with E-state index in [1.54, 1.807) is 0 Å². The van der Waals surface area contributed by atoms with E-state index in [4.69, 9.17) is 4.98 Å². The fraction of sp³-hybridized carbons (Fsp3) is 0.0682. The normalized spacial score (nSPS) is 11.7. The highest BCUT2D eigenvalue weighted by atomic mass is 28.3. The van der Waals surface area contributed by atoms with E-state index in [2.05, 4.69) is 188 Å². The molecule has 0 bridgehead atoms. The van der Waals surface area contributed by atoms with Gasteiger partial charge in [-0.15, -0.1) is 0 Å². The van der Waals surface area contributed by atoms with Crippen molar-refractivity contribution < 1.29 is 0 Å². The van der Waals surface area contributed by atoms with E-state index in [1.807, 2.05) is 0 Å². The van der Waals surface area contributed by atoms with Gasteiger partial charge in [-0.2, -0.15) is 0 Å². The minimum absolute atomic E-state index is 0.944. The van der Waals surface area contributed by atoms with Crippen molar-refractivity contribution in [2.45, 2.75) is 19.6 Å². The Morgan fingerprint density at radius 3 is 1.55 bits per heavy atom. The van der Waals surface area contributed by atoms with Gasteiger partial charge in [-0.3, -0.25) is 4.90 Å². The zero-order valence-corrected chi connectivity index (χ0v) is 28.0. The first-order valence-corrected chi connectivity index (χ1v) is 19.8. The molecule has 8 aromatic rings. The molecule has 0 aliphatic rings. The van der Waals surface area contributed by atoms with Crippen molar-refractivity contribution in [3.8, 4) is 22.3 Å². The number of benzene rings is 7. The van der Waals surface area contributed by atoms with Gasteiger partial charge in [0.1, 0.15) is 13.9 Å². The van der Waals surface area contributed by atoms with Crippen LogP contribution in [0.5, 0.6) is 0 Å². The molecule has 0 N–H and O–H groups in total. The Hall–Kier alpha value is -5.51. The molecular formula is C44H36N2Si. The van der Waals surface area contributed by atoms with E-state index >= 15 is 0 Å². The third-order valence-electron chi connectivity index (χ3n) is 9.13. The highest BCUT2D eigenvalue weighted by Crippen LogP contribution is 2.44. The van der Waals surface area contributed by atoms with Gasteiger partial charge in [0.25, 0.3) is 0 Å². The van der Waals surface area contributed by atoms with Crippen LogP contribution in [0, 0.1) is 0 Å². The van der Waals surface area contributed by atoms with Gasteiger partial charge in [-0.1, -0.05) is 141 Å². The Bertz CT molecular complexity index is 2330. The van der Waals surface area contributed by atoms with Gasteiger partial charge in [0.15, 0.2) is 0 Å². The summed E-state index contributed by atoms with van der Waals surface area (Å²) in [6.07, 6.45) is 0. The lowest BCUT2D eigenvalue weighted by atomic mass is 9.85. The molecule has 0 aliphatic heterocycles. The molecule has 0 spiro atoms. The molecule has 0 amide bonds. The predicted octanol–water partition coefficient (Wildman–Crippen LogP) is 11.9. The standard InChI is InChI=1S/C44H36N2Si/c1-47(2,3)42-23-13-22-41(45-42)46(35-16-5-4-6-17-35)36-28-26-32(27-29-36)43-37-18-9-11-20-39(37)44(40-21-12-10-19-38(40)43)34-25-24-31-14-7-8-15-33(31)30-34/h4-30H,1-3H3. The molecule has 0 saturated heterocycles. The van der Waals surface area contributed by atoms with E-state index in [0.29, 0.717) is 0 Å². The van der Waals surface area contributed by atoms with Crippen molar-refractivity contribution in [3.05, 3.63) is 164 Å². The number of aromatic nitrogens is 1. The molecule has 0 unspecified atom stereocenters. The summed E-state index contributed by atoms with van der Waals surface area (Å²) in [6, 6.07) is 59.2. The highest BCUT2D eigenvalue weighted by Gasteiger charge is 2.22. The molecule has 47 heavy (non-hydrogen) atoms. The SMILES string of the molecule is C[Si](C)(C)c1cccc(N(c2ccccc2)c2ccc(-c3c4ccccc4c(-c4ccc5ccccc5c4)c4ccccc34)cc2)n1. The molecule has 3 heteroatoms. The minimum atomic E-state index is -1.60. The van der Waals surface area contributed by atoms with Gasteiger partial charge in [0, 0.05) is 16.7 Å². The second-order valence-corrected chi connectivity index (χ2v) is 18.3. The molecule has 0 aliphatic carbocycles. The second kappa shape index (κ2) is 11.7. The van der Waals surface area contributed by atoms with E-state index < -0.39 is 8.07 Å². The molecule has 2 nitrogen and oxygen atoms in total. The van der Waals surface area contributed by atoms with Crippen LogP contribution >= 0.6 is 0 Å². The molecule has 0 fully saturated rings. The molecule has 0 atom stereocenters. The molecule has 226 valence electrons. The van der Waals surface area contributed by atoms with Gasteiger partial charge in [-0.25, -0.2) is 4.98 Å². The van der Waals surface area contributed by atoms with Crippen molar-refractivity contribution in [2.75, 3.05) is 4.90 Å². The van der Waals surface area contributed by atoms with E-state index in [0.717, 1.165) is 17.2 Å². The van der Waals surface area contributed by atoms with Crippen LogP contribution in [0.4, 0.5) is 17.2 Å². The summed E-state index contributed by atoms with van der Waals surface area (Å²) in [5.41, 5.74) is 7.16. The Morgan fingerprint density at radius 2 is 0.936 bits per heavy atom. The fourth-order valence-corrected chi connectivity index (χ4v) is 7.87. The monoisotopic (exact) mass is 620 g/mol. The number of hydrogen-bond donors (Lipinski definition) is 0. The van der Waals surface area contributed by atoms with Gasteiger partial charge < -0.3 is 0 Å². The molecular weight excluding hydrogens is 585 g/mol. The maximum absolute atomic E-state index is 5.20. The fourth-order valence-electron chi connectivity index (χ4n) is 6.83. The van der Waals surface area contributed by atoms with Gasteiger partial charge in [0.2, 0.25) is 0 Å². The molecule has 1 heterocycles. The number of pyridine rings is 1. The molecule has 7 aromatic carbocycles. The van der Waals surface area contributed by atoms with Crippen LogP contribution in [0.15, 0.2) is 164 Å². The summed E-state index contributed by atoms with van der Waals surface area (Å²) in [7, 11) is -1.60. The lowest BCUT2D eigenvalue weighted by molar-refractivity contribution is 1.19. The minimum Gasteiger partial charge on any atom is -0.295 e. The predicted molar refractivity (Wildman–Crippen MR) is 205 cm³/mol. The van der Waals surface area contributed by atoms with E-state index in [1.165, 1.54) is 59.9 Å². The zero-order chi connectivity index (χ0) is 32.0. The first kappa shape index (κ1) is 28.9. The van der Waals surface area contributed by atoms with Crippen LogP contribution in [-0.2, 0) is 0 Å². The first-order valence-electron chi connectivity index (χ1n) is 16.3. The summed E-state index contributed by atoms with van der Waals surface area (Å²) in [5, 5.41) is 8.76. The third-order valence-corrected chi connectivity index (χ3v) is 10.9. The van der Waals surface area contributed by atoms with Crippen molar-refractivity contribution in [1.29, 1.82) is 0 Å². The van der Waals surface area contributed by atoms with Crippen LogP contribution < -0.4 is 10.2 Å². The van der Waals surface area contributed by atoms with Crippen LogP contribution in [0.2, 0.25) is 19.6 Å². The summed E-state index contributed by atoms with van der Waals surface area (Å²) >= 11 is 0. The van der Waals surface area contributed by atoms with Crippen LogP contribution in [0.25, 0.3) is 54.6 Å². The number of anilines is 3. The Labute approximate surface area is 277 Å². The van der Waals surface area contributed by atoms with E-state index in [-0.39, 0.29) is 0 Å². The number of nitrogens with zero attached hydrogens (tertiary/aromatic N) is 2. The number of fused-ring (bicyclic) bond motifs is 3. The molecule has 0 saturated carbocycles. The average molecular weight is 621 g/mol. The van der Waals surface area contributed by atoms with Gasteiger partial charge in [-0.05, 0) is 97.0 Å². The van der Waals surface area contributed by atoms with Crippen molar-refractivity contribution in [2.24, 2.45) is 0 Å². The lowest BCUT2D eigenvalue weighted by Crippen LogP contribution is -2.40. The van der Waals surface area contributed by atoms with Crippen LogP contribution in [-0.4, -0.2) is 13.1 Å². The average Bonchev–Trinajstić information content (AvgIpc) is 3.11. The molecule has 0 radical (unpaired) electrons. The first-order chi connectivity index (χ1) is 23.0. The molecule has 8 rings (SSSR count). The number of rotatable bonds is 6. The van der Waals surface area contributed by atoms with Gasteiger partial charge in [0.05, 0.1) is 0 Å². The largest absolute Gasteiger partial charge is 0.295 e. The molecule has 1 aromatic heterocycles. The Balaban J connectivity index is 1.30. The summed E-state index contributed by atoms with van der Waals surface area (Å²) < 4.78 is 0. The Kier molecular flexibility index (Phi) is 7.19. The smallest absolute Gasteiger partial charge is 0.137 e. The zero-order valence-electron chi connectivity index (χ0n) is 27.0. The number of para-hydroxylation sites is 1. The van der Waals surface area contributed by atoms with E-state index in [9.17, 15) is 0 Å². The maximum Gasteiger partial charge on any atom is 0.137 e. The number of hydrogen-bond acceptors (Lipinski definition) is 2. The third kappa shape index (κ3) is 5.29. The summed E-state index contributed by atoms with van der Waals surface area (Å²) in [5.74, 6) is 0.944. The quantitative estimate of drug-likeness (QED) is 0.136. The lowest BCUT2D eigenvalue weighted by Gasteiger charge is -2.26. The highest BCUT2D eigenvalue weighted by molar-refractivity contribution is 6.88.